The Bertz CT molecular complexity index is 656. The summed E-state index contributed by atoms with van der Waals surface area (Å²) in [6.45, 7) is 5.65. The molecular formula is C21H31N3O3. The van der Waals surface area contributed by atoms with Crippen molar-refractivity contribution in [3.63, 3.8) is 0 Å². The number of amides is 1. The summed E-state index contributed by atoms with van der Waals surface area (Å²) >= 11 is 0. The number of rotatable bonds is 5. The topological polar surface area (TPSA) is 74.7 Å². The maximum atomic E-state index is 12.6. The molecule has 6 nitrogen and oxygen atoms in total. The van der Waals surface area contributed by atoms with Crippen molar-refractivity contribution in [2.75, 3.05) is 26.2 Å². The second kappa shape index (κ2) is 7.49. The highest BCUT2D eigenvalue weighted by Gasteiger charge is 2.53. The molecule has 0 radical (unpaired) electrons. The molecule has 1 saturated carbocycles. The van der Waals surface area contributed by atoms with E-state index in [0.29, 0.717) is 13.0 Å². The van der Waals surface area contributed by atoms with Gasteiger partial charge >= 0.3 is 0 Å². The van der Waals surface area contributed by atoms with Gasteiger partial charge < -0.3 is 20.1 Å². The molecule has 2 atom stereocenters. The Labute approximate surface area is 161 Å². The molecule has 0 unspecified atom stereocenters. The lowest BCUT2D eigenvalue weighted by atomic mass is 9.73. The van der Waals surface area contributed by atoms with Gasteiger partial charge in [0.2, 0.25) is 5.91 Å². The van der Waals surface area contributed by atoms with Gasteiger partial charge in [0.25, 0.3) is 0 Å². The maximum absolute atomic E-state index is 12.6. The van der Waals surface area contributed by atoms with Crippen molar-refractivity contribution in [2.24, 2.45) is 5.92 Å². The average molecular weight is 373 g/mol. The third kappa shape index (κ3) is 4.18. The smallest absolute Gasteiger partial charge is 0.224 e. The summed E-state index contributed by atoms with van der Waals surface area (Å²) in [6, 6.07) is 3.73. The molecule has 2 N–H and O–H groups in total. The first-order valence-electron chi connectivity index (χ1n) is 10.2. The normalized spacial score (nSPS) is 31.0. The number of aromatic nitrogens is 1. The van der Waals surface area contributed by atoms with E-state index < -0.39 is 17.2 Å². The molecule has 1 spiro atoms. The summed E-state index contributed by atoms with van der Waals surface area (Å²) in [5.74, 6) is 0.807. The standard InChI is InChI=1S/C21H31N3O3/c1-20(23-18(25)13-17-3-2-9-22-14-17)8-12-27-21(19(20)26)6-10-24(11-7-21)15-16-4-5-16/h2-3,9,14,16,19,26H,4-8,10-13,15H2,1H3,(H,23,25)/t19-,20+/m0/s1. The highest BCUT2D eigenvalue weighted by Crippen LogP contribution is 2.41. The van der Waals surface area contributed by atoms with Crippen LogP contribution in [0.1, 0.15) is 44.6 Å². The fraction of sp³-hybridized carbons (Fsp3) is 0.714. The molecule has 2 aliphatic heterocycles. The van der Waals surface area contributed by atoms with Gasteiger partial charge in [-0.05, 0) is 56.6 Å². The first-order chi connectivity index (χ1) is 13.0. The number of aliphatic hydroxyl groups excluding tert-OH is 1. The number of ether oxygens (including phenoxy) is 1. The van der Waals surface area contributed by atoms with Crippen LogP contribution in [0.2, 0.25) is 0 Å². The Balaban J connectivity index is 1.38. The SMILES string of the molecule is C[C@@]1(NC(=O)Cc2cccnc2)CCOC2(CCN(CC3CC3)CC2)[C@H]1O. The number of carbonyl (C=O) groups excluding carboxylic acids is 1. The predicted molar refractivity (Wildman–Crippen MR) is 102 cm³/mol. The molecule has 1 aromatic heterocycles. The number of nitrogens with zero attached hydrogens (tertiary/aromatic N) is 2. The van der Waals surface area contributed by atoms with E-state index in [1.807, 2.05) is 19.1 Å². The quantitative estimate of drug-likeness (QED) is 0.819. The molecule has 0 bridgehead atoms. The zero-order valence-electron chi connectivity index (χ0n) is 16.2. The number of hydrogen-bond donors (Lipinski definition) is 2. The molecule has 6 heteroatoms. The first-order valence-corrected chi connectivity index (χ1v) is 10.2. The van der Waals surface area contributed by atoms with Crippen LogP contribution in [0.5, 0.6) is 0 Å². The van der Waals surface area contributed by atoms with Crippen LogP contribution < -0.4 is 5.32 Å². The highest BCUT2D eigenvalue weighted by atomic mass is 16.5. The Kier molecular flexibility index (Phi) is 5.23. The monoisotopic (exact) mass is 373 g/mol. The van der Waals surface area contributed by atoms with Crippen molar-refractivity contribution in [3.8, 4) is 0 Å². The molecule has 3 heterocycles. The van der Waals surface area contributed by atoms with Gasteiger partial charge in [0, 0.05) is 38.6 Å². The van der Waals surface area contributed by atoms with Gasteiger partial charge in [-0.15, -0.1) is 0 Å². The van der Waals surface area contributed by atoms with Crippen LogP contribution in [-0.4, -0.2) is 64.4 Å². The molecule has 1 aromatic rings. The molecule has 148 valence electrons. The van der Waals surface area contributed by atoms with E-state index >= 15 is 0 Å². The largest absolute Gasteiger partial charge is 0.388 e. The number of nitrogens with one attached hydrogen (secondary N) is 1. The molecule has 4 rings (SSSR count). The third-order valence-electron chi connectivity index (χ3n) is 6.54. The molecule has 27 heavy (non-hydrogen) atoms. The van der Waals surface area contributed by atoms with Gasteiger partial charge in [-0.3, -0.25) is 9.78 Å². The van der Waals surface area contributed by atoms with Crippen LogP contribution >= 0.6 is 0 Å². The van der Waals surface area contributed by atoms with Crippen molar-refractivity contribution < 1.29 is 14.6 Å². The Morgan fingerprint density at radius 3 is 2.81 bits per heavy atom. The molecule has 3 fully saturated rings. The zero-order chi connectivity index (χ0) is 18.9. The van der Waals surface area contributed by atoms with E-state index in [-0.39, 0.29) is 12.3 Å². The van der Waals surface area contributed by atoms with Crippen LogP contribution in [0.15, 0.2) is 24.5 Å². The minimum atomic E-state index is -0.695. The Morgan fingerprint density at radius 2 is 2.15 bits per heavy atom. The van der Waals surface area contributed by atoms with Crippen molar-refractivity contribution in [3.05, 3.63) is 30.1 Å². The van der Waals surface area contributed by atoms with E-state index in [9.17, 15) is 9.90 Å². The lowest BCUT2D eigenvalue weighted by Crippen LogP contribution is -2.69. The number of aliphatic hydroxyl groups is 1. The van der Waals surface area contributed by atoms with Crippen molar-refractivity contribution >= 4 is 5.91 Å². The molecule has 0 aromatic carbocycles. The molecule has 3 aliphatic rings. The highest BCUT2D eigenvalue weighted by molar-refractivity contribution is 5.79. The van der Waals surface area contributed by atoms with E-state index in [2.05, 4.69) is 15.2 Å². The lowest BCUT2D eigenvalue weighted by Gasteiger charge is -2.53. The second-order valence-electron chi connectivity index (χ2n) is 8.81. The zero-order valence-corrected chi connectivity index (χ0v) is 16.2. The summed E-state index contributed by atoms with van der Waals surface area (Å²) in [4.78, 5) is 19.2. The summed E-state index contributed by atoms with van der Waals surface area (Å²) in [5, 5.41) is 14.3. The molecular weight excluding hydrogens is 342 g/mol. The maximum Gasteiger partial charge on any atom is 0.224 e. The van der Waals surface area contributed by atoms with E-state index in [1.54, 1.807) is 12.4 Å². The van der Waals surface area contributed by atoms with Gasteiger partial charge in [0.15, 0.2) is 0 Å². The van der Waals surface area contributed by atoms with Crippen LogP contribution in [-0.2, 0) is 16.0 Å². The summed E-state index contributed by atoms with van der Waals surface area (Å²) < 4.78 is 6.14. The summed E-state index contributed by atoms with van der Waals surface area (Å²) in [6.07, 6.45) is 8.00. The molecule has 2 saturated heterocycles. The molecule has 1 aliphatic carbocycles. The Hall–Kier alpha value is -1.50. The fourth-order valence-electron chi connectivity index (χ4n) is 4.64. The minimum absolute atomic E-state index is 0.0761. The van der Waals surface area contributed by atoms with E-state index in [0.717, 1.165) is 37.4 Å². The molecule has 1 amide bonds. The fourth-order valence-corrected chi connectivity index (χ4v) is 4.64. The number of likely N-dealkylation sites (tertiary alicyclic amines) is 1. The van der Waals surface area contributed by atoms with Gasteiger partial charge in [-0.1, -0.05) is 6.07 Å². The van der Waals surface area contributed by atoms with Crippen LogP contribution in [0.3, 0.4) is 0 Å². The van der Waals surface area contributed by atoms with Crippen molar-refractivity contribution in [2.45, 2.75) is 62.7 Å². The third-order valence-corrected chi connectivity index (χ3v) is 6.54. The summed E-state index contributed by atoms with van der Waals surface area (Å²) in [7, 11) is 0. The van der Waals surface area contributed by atoms with Crippen LogP contribution in [0, 0.1) is 5.92 Å². The van der Waals surface area contributed by atoms with Crippen molar-refractivity contribution in [1.82, 2.24) is 15.2 Å². The predicted octanol–water partition coefficient (Wildman–Crippen LogP) is 1.52. The number of carbonyl (C=O) groups is 1. The van der Waals surface area contributed by atoms with Gasteiger partial charge in [-0.2, -0.15) is 0 Å². The summed E-state index contributed by atoms with van der Waals surface area (Å²) in [5.41, 5.74) is -0.312. The van der Waals surface area contributed by atoms with Crippen LogP contribution in [0.25, 0.3) is 0 Å². The number of piperidine rings is 1. The second-order valence-corrected chi connectivity index (χ2v) is 8.81. The lowest BCUT2D eigenvalue weighted by molar-refractivity contribution is -0.207. The van der Waals surface area contributed by atoms with E-state index in [1.165, 1.54) is 19.4 Å². The average Bonchev–Trinajstić information content (AvgIpc) is 3.46. The van der Waals surface area contributed by atoms with Crippen LogP contribution in [0.4, 0.5) is 0 Å². The van der Waals surface area contributed by atoms with Gasteiger partial charge in [0.1, 0.15) is 6.10 Å². The van der Waals surface area contributed by atoms with Gasteiger partial charge in [-0.25, -0.2) is 0 Å². The minimum Gasteiger partial charge on any atom is -0.388 e. The Morgan fingerprint density at radius 1 is 1.37 bits per heavy atom. The van der Waals surface area contributed by atoms with Crippen molar-refractivity contribution in [1.29, 1.82) is 0 Å². The number of hydrogen-bond acceptors (Lipinski definition) is 5. The first kappa shape index (κ1) is 18.8. The van der Waals surface area contributed by atoms with Gasteiger partial charge in [0.05, 0.1) is 17.6 Å². The van der Waals surface area contributed by atoms with E-state index in [4.69, 9.17) is 4.74 Å². The number of pyridine rings is 1.